The quantitative estimate of drug-likeness (QED) is 0.679. The normalized spacial score (nSPS) is 18.0. The summed E-state index contributed by atoms with van der Waals surface area (Å²) in [6, 6.07) is 8.39. The molecule has 0 radical (unpaired) electrons. The summed E-state index contributed by atoms with van der Waals surface area (Å²) in [6.45, 7) is 3.13. The first-order chi connectivity index (χ1) is 10.3. The van der Waals surface area contributed by atoms with Crippen LogP contribution in [0.15, 0.2) is 35.8 Å². The maximum absolute atomic E-state index is 11.6. The van der Waals surface area contributed by atoms with Gasteiger partial charge in [0, 0.05) is 23.8 Å². The van der Waals surface area contributed by atoms with E-state index < -0.39 is 0 Å². The number of nitrogens with zero attached hydrogens (tertiary/aromatic N) is 3. The van der Waals surface area contributed by atoms with Crippen molar-refractivity contribution in [1.29, 1.82) is 0 Å². The molecule has 2 aromatic heterocycles. The number of anilines is 2. The van der Waals surface area contributed by atoms with Crippen LogP contribution < -0.4 is 4.90 Å². The van der Waals surface area contributed by atoms with E-state index in [1.54, 1.807) is 11.3 Å². The zero-order valence-corrected chi connectivity index (χ0v) is 12.5. The van der Waals surface area contributed by atoms with Crippen molar-refractivity contribution in [2.45, 2.75) is 13.3 Å². The molecule has 1 aliphatic rings. The van der Waals surface area contributed by atoms with E-state index in [9.17, 15) is 4.79 Å². The topological polar surface area (TPSA) is 37.6 Å². The minimum atomic E-state index is 0.541. The maximum Gasteiger partial charge on any atom is 0.196 e. The number of carbonyl (C=O) groups is 1. The number of hydrogen-bond acceptors (Lipinski definition) is 4. The molecule has 21 heavy (non-hydrogen) atoms. The lowest BCUT2D eigenvalue weighted by atomic mass is 9.94. The lowest BCUT2D eigenvalue weighted by molar-refractivity contribution is 0.111. The summed E-state index contributed by atoms with van der Waals surface area (Å²) >= 11 is 1.55. The molecule has 1 unspecified atom stereocenters. The molecule has 1 atom stereocenters. The van der Waals surface area contributed by atoms with Gasteiger partial charge in [0.2, 0.25) is 0 Å². The zero-order valence-electron chi connectivity index (χ0n) is 11.7. The number of aromatic nitrogens is 2. The number of carbonyl (C=O) groups excluding carboxylic acids is 1. The number of imidazole rings is 1. The molecule has 1 aliphatic heterocycles. The third kappa shape index (κ3) is 1.88. The van der Waals surface area contributed by atoms with Gasteiger partial charge < -0.3 is 4.90 Å². The van der Waals surface area contributed by atoms with Gasteiger partial charge in [-0.1, -0.05) is 25.1 Å². The molecule has 106 valence electrons. The average molecular weight is 297 g/mol. The van der Waals surface area contributed by atoms with Gasteiger partial charge in [0.1, 0.15) is 5.69 Å². The van der Waals surface area contributed by atoms with E-state index >= 15 is 0 Å². The number of para-hydroxylation sites is 1. The molecule has 0 fully saturated rings. The van der Waals surface area contributed by atoms with Crippen molar-refractivity contribution in [2.75, 3.05) is 11.4 Å². The summed E-state index contributed by atoms with van der Waals surface area (Å²) in [5.41, 5.74) is 3.13. The van der Waals surface area contributed by atoms with E-state index in [1.807, 2.05) is 22.0 Å². The van der Waals surface area contributed by atoms with Gasteiger partial charge in [-0.15, -0.1) is 11.3 Å². The average Bonchev–Trinajstić information content (AvgIpc) is 3.06. The zero-order chi connectivity index (χ0) is 14.4. The van der Waals surface area contributed by atoms with Crippen molar-refractivity contribution >= 4 is 34.1 Å². The molecule has 4 rings (SSSR count). The minimum absolute atomic E-state index is 0.541. The minimum Gasteiger partial charge on any atom is -0.324 e. The van der Waals surface area contributed by atoms with Crippen LogP contribution in [0.5, 0.6) is 0 Å². The van der Waals surface area contributed by atoms with Crippen LogP contribution >= 0.6 is 11.3 Å². The molecule has 0 amide bonds. The molecule has 0 bridgehead atoms. The molecule has 0 N–H and O–H groups in total. The number of aldehydes is 1. The first kappa shape index (κ1) is 12.6. The fraction of sp³-hybridized carbons (Fsp3) is 0.250. The van der Waals surface area contributed by atoms with E-state index in [4.69, 9.17) is 0 Å². The third-order valence-corrected chi connectivity index (χ3v) is 4.75. The van der Waals surface area contributed by atoms with E-state index in [1.165, 1.54) is 11.3 Å². The van der Waals surface area contributed by atoms with Gasteiger partial charge in [0.15, 0.2) is 17.1 Å². The van der Waals surface area contributed by atoms with Crippen molar-refractivity contribution in [3.8, 4) is 0 Å². The fourth-order valence-corrected chi connectivity index (χ4v) is 3.81. The van der Waals surface area contributed by atoms with E-state index in [0.717, 1.165) is 30.0 Å². The molecule has 0 aliphatic carbocycles. The number of hydrogen-bond donors (Lipinski definition) is 0. The smallest absolute Gasteiger partial charge is 0.196 e. The summed E-state index contributed by atoms with van der Waals surface area (Å²) in [4.78, 5) is 19.3. The molecule has 5 heteroatoms. The highest BCUT2D eigenvalue weighted by atomic mass is 32.1. The summed E-state index contributed by atoms with van der Waals surface area (Å²) in [6.07, 6.45) is 3.88. The van der Waals surface area contributed by atoms with Crippen LogP contribution in [0.25, 0.3) is 4.96 Å². The Balaban J connectivity index is 1.92. The standard InChI is InChI=1S/C16H15N3OS/c1-11-8-12-4-2-3-5-13(12)19(9-11)15-14(10-20)18-6-7-21-16(18)17-15/h2-7,10-11H,8-9H2,1H3. The van der Waals surface area contributed by atoms with Gasteiger partial charge in [0.05, 0.1) is 0 Å². The second-order valence-electron chi connectivity index (χ2n) is 5.54. The first-order valence-corrected chi connectivity index (χ1v) is 7.92. The second kappa shape index (κ2) is 4.70. The summed E-state index contributed by atoms with van der Waals surface area (Å²) in [5.74, 6) is 1.31. The number of rotatable bonds is 2. The molecule has 1 aromatic carbocycles. The van der Waals surface area contributed by atoms with Crippen molar-refractivity contribution < 1.29 is 4.79 Å². The van der Waals surface area contributed by atoms with E-state index in [0.29, 0.717) is 11.6 Å². The summed E-state index contributed by atoms with van der Waals surface area (Å²) in [7, 11) is 0. The Morgan fingerprint density at radius 3 is 3.10 bits per heavy atom. The highest BCUT2D eigenvalue weighted by Gasteiger charge is 2.27. The highest BCUT2D eigenvalue weighted by molar-refractivity contribution is 7.15. The van der Waals surface area contributed by atoms with Gasteiger partial charge in [-0.05, 0) is 24.0 Å². The molecule has 3 heterocycles. The number of benzene rings is 1. The Morgan fingerprint density at radius 2 is 2.24 bits per heavy atom. The molecule has 0 saturated carbocycles. The highest BCUT2D eigenvalue weighted by Crippen LogP contribution is 2.36. The van der Waals surface area contributed by atoms with Crippen LogP contribution in [0, 0.1) is 5.92 Å². The number of fused-ring (bicyclic) bond motifs is 2. The molecule has 4 nitrogen and oxygen atoms in total. The Morgan fingerprint density at radius 1 is 1.38 bits per heavy atom. The second-order valence-corrected chi connectivity index (χ2v) is 6.42. The Bertz CT molecular complexity index is 820. The van der Waals surface area contributed by atoms with Crippen molar-refractivity contribution in [2.24, 2.45) is 5.92 Å². The Labute approximate surface area is 126 Å². The van der Waals surface area contributed by atoms with Crippen molar-refractivity contribution in [1.82, 2.24) is 9.38 Å². The molecular formula is C16H15N3OS. The third-order valence-electron chi connectivity index (χ3n) is 3.99. The number of thiazole rings is 1. The molecule has 0 saturated heterocycles. The van der Waals surface area contributed by atoms with Crippen molar-refractivity contribution in [3.05, 3.63) is 47.1 Å². The van der Waals surface area contributed by atoms with Gasteiger partial charge in [-0.2, -0.15) is 0 Å². The molecular weight excluding hydrogens is 282 g/mol. The predicted molar refractivity (Wildman–Crippen MR) is 84.8 cm³/mol. The summed E-state index contributed by atoms with van der Waals surface area (Å²) < 4.78 is 1.87. The van der Waals surface area contributed by atoms with Gasteiger partial charge >= 0.3 is 0 Å². The van der Waals surface area contributed by atoms with Crippen LogP contribution in [0.3, 0.4) is 0 Å². The Kier molecular flexibility index (Phi) is 2.82. The summed E-state index contributed by atoms with van der Waals surface area (Å²) in [5, 5.41) is 1.95. The molecule has 3 aromatic rings. The monoisotopic (exact) mass is 297 g/mol. The van der Waals surface area contributed by atoms with Crippen LogP contribution in [0.1, 0.15) is 23.0 Å². The van der Waals surface area contributed by atoms with Gasteiger partial charge in [0.25, 0.3) is 0 Å². The van der Waals surface area contributed by atoms with Gasteiger partial charge in [-0.3, -0.25) is 9.20 Å². The van der Waals surface area contributed by atoms with Crippen LogP contribution in [-0.2, 0) is 6.42 Å². The lowest BCUT2D eigenvalue weighted by Crippen LogP contribution is -2.31. The SMILES string of the molecule is CC1Cc2ccccc2N(c2nc3sccn3c2C=O)C1. The van der Waals surface area contributed by atoms with Crippen LogP contribution in [0.4, 0.5) is 11.5 Å². The largest absolute Gasteiger partial charge is 0.324 e. The van der Waals surface area contributed by atoms with Crippen LogP contribution in [0.2, 0.25) is 0 Å². The van der Waals surface area contributed by atoms with E-state index in [-0.39, 0.29) is 0 Å². The predicted octanol–water partition coefficient (Wildman–Crippen LogP) is 3.54. The lowest BCUT2D eigenvalue weighted by Gasteiger charge is -2.33. The van der Waals surface area contributed by atoms with E-state index in [2.05, 4.69) is 35.0 Å². The van der Waals surface area contributed by atoms with Gasteiger partial charge in [-0.25, -0.2) is 4.98 Å². The molecule has 0 spiro atoms. The first-order valence-electron chi connectivity index (χ1n) is 7.04. The van der Waals surface area contributed by atoms with Crippen molar-refractivity contribution in [3.63, 3.8) is 0 Å². The Hall–Kier alpha value is -2.14. The maximum atomic E-state index is 11.6. The van der Waals surface area contributed by atoms with Crippen LogP contribution in [-0.4, -0.2) is 22.2 Å². The fourth-order valence-electron chi connectivity index (χ4n) is 3.10.